The predicted molar refractivity (Wildman–Crippen MR) is 117 cm³/mol. The number of nitrogens with zero attached hydrogens (tertiary/aromatic N) is 3. The van der Waals surface area contributed by atoms with Crippen LogP contribution >= 0.6 is 23.7 Å². The summed E-state index contributed by atoms with van der Waals surface area (Å²) >= 11 is 0.758. The molecule has 0 spiro atoms. The number of hydrogen-bond donors (Lipinski definition) is 2. The molecule has 2 heterocycles. The second kappa shape index (κ2) is 11.2. The summed E-state index contributed by atoms with van der Waals surface area (Å²) in [5.74, 6) is -0.934. The standard InChI is InChI=1S/C20H19F6N5OS.ClH/c21-19(22,23)13-6-4-5-12(9-13)15-11-33-18(30-15)31-16(20(24,25)26)14(10-29-31)17(32)28-8-3-1-2-7-27;/h4-6,9-11H,1-3,7-8,27H2,(H,28,32);1H. The molecule has 34 heavy (non-hydrogen) atoms. The third-order valence-electron chi connectivity index (χ3n) is 4.61. The summed E-state index contributed by atoms with van der Waals surface area (Å²) in [6.45, 7) is 0.660. The SMILES string of the molecule is Cl.NCCCCCNC(=O)c1cnn(-c2nc(-c3cccc(C(F)(F)F)c3)cs2)c1C(F)(F)F. The number of hydrogen-bond acceptors (Lipinski definition) is 5. The lowest BCUT2D eigenvalue weighted by Gasteiger charge is -2.11. The van der Waals surface area contributed by atoms with Crippen LogP contribution in [-0.2, 0) is 12.4 Å². The maximum absolute atomic E-state index is 13.8. The van der Waals surface area contributed by atoms with Gasteiger partial charge in [-0.05, 0) is 31.5 Å². The second-order valence-electron chi connectivity index (χ2n) is 7.02. The third kappa shape index (κ3) is 6.48. The van der Waals surface area contributed by atoms with Crippen LogP contribution in [0, 0.1) is 0 Å². The largest absolute Gasteiger partial charge is 0.434 e. The Morgan fingerprint density at radius 1 is 1.09 bits per heavy atom. The lowest BCUT2D eigenvalue weighted by Crippen LogP contribution is -2.27. The molecule has 0 fully saturated rings. The first kappa shape index (κ1) is 27.6. The van der Waals surface area contributed by atoms with Crippen molar-refractivity contribution < 1.29 is 31.1 Å². The average Bonchev–Trinajstić information content (AvgIpc) is 3.40. The number of carbonyl (C=O) groups excluding carboxylic acids is 1. The maximum atomic E-state index is 13.8. The van der Waals surface area contributed by atoms with Crippen molar-refractivity contribution >= 4 is 29.7 Å². The van der Waals surface area contributed by atoms with Crippen molar-refractivity contribution in [2.45, 2.75) is 31.6 Å². The van der Waals surface area contributed by atoms with E-state index in [2.05, 4.69) is 15.4 Å². The summed E-state index contributed by atoms with van der Waals surface area (Å²) in [6, 6.07) is 4.29. The molecule has 0 unspecified atom stereocenters. The highest BCUT2D eigenvalue weighted by Gasteiger charge is 2.41. The first-order chi connectivity index (χ1) is 15.5. The number of amides is 1. The van der Waals surface area contributed by atoms with E-state index in [9.17, 15) is 31.1 Å². The molecule has 0 saturated heterocycles. The van der Waals surface area contributed by atoms with Crippen LogP contribution in [0.2, 0.25) is 0 Å². The molecule has 6 nitrogen and oxygen atoms in total. The van der Waals surface area contributed by atoms with E-state index in [1.165, 1.54) is 17.5 Å². The van der Waals surface area contributed by atoms with Crippen molar-refractivity contribution in [3.63, 3.8) is 0 Å². The van der Waals surface area contributed by atoms with Gasteiger partial charge in [-0.3, -0.25) is 4.79 Å². The minimum atomic E-state index is -4.93. The Labute approximate surface area is 200 Å². The molecule has 0 saturated carbocycles. The Hall–Kier alpha value is -2.64. The van der Waals surface area contributed by atoms with E-state index in [4.69, 9.17) is 5.73 Å². The molecule has 0 atom stereocenters. The Balaban J connectivity index is 0.00000408. The van der Waals surface area contributed by atoms with Gasteiger partial charge in [-0.15, -0.1) is 23.7 Å². The highest BCUT2D eigenvalue weighted by Crippen LogP contribution is 2.36. The van der Waals surface area contributed by atoms with Gasteiger partial charge in [-0.25, -0.2) is 9.67 Å². The number of benzene rings is 1. The number of halogens is 7. The molecule has 0 aliphatic heterocycles. The van der Waals surface area contributed by atoms with Crippen LogP contribution in [0.15, 0.2) is 35.8 Å². The van der Waals surface area contributed by atoms with E-state index in [0.717, 1.165) is 42.5 Å². The minimum Gasteiger partial charge on any atom is -0.352 e. The molecule has 3 rings (SSSR count). The number of aromatic nitrogens is 3. The van der Waals surface area contributed by atoms with Crippen molar-refractivity contribution in [2.75, 3.05) is 13.1 Å². The van der Waals surface area contributed by atoms with E-state index in [1.54, 1.807) is 0 Å². The zero-order valence-corrected chi connectivity index (χ0v) is 19.0. The van der Waals surface area contributed by atoms with Gasteiger partial charge in [0.05, 0.1) is 23.0 Å². The molecule has 0 aliphatic rings. The van der Waals surface area contributed by atoms with Crippen LogP contribution < -0.4 is 11.1 Å². The molecule has 3 N–H and O–H groups in total. The molecule has 0 radical (unpaired) electrons. The fourth-order valence-electron chi connectivity index (χ4n) is 3.02. The van der Waals surface area contributed by atoms with Gasteiger partial charge in [-0.2, -0.15) is 31.4 Å². The van der Waals surface area contributed by atoms with Gasteiger partial charge in [0, 0.05) is 17.5 Å². The number of unbranched alkanes of at least 4 members (excludes halogenated alkanes) is 2. The number of nitrogens with one attached hydrogen (secondary N) is 1. The van der Waals surface area contributed by atoms with Crippen molar-refractivity contribution in [3.05, 3.63) is 52.7 Å². The van der Waals surface area contributed by atoms with Gasteiger partial charge in [0.2, 0.25) is 5.13 Å². The molecule has 1 amide bonds. The highest BCUT2D eigenvalue weighted by molar-refractivity contribution is 7.12. The Kier molecular flexibility index (Phi) is 9.08. The van der Waals surface area contributed by atoms with Gasteiger partial charge in [0.15, 0.2) is 5.69 Å². The summed E-state index contributed by atoms with van der Waals surface area (Å²) in [5, 5.41) is 7.20. The number of alkyl halides is 6. The van der Waals surface area contributed by atoms with Crippen molar-refractivity contribution in [1.82, 2.24) is 20.1 Å². The summed E-state index contributed by atoms with van der Waals surface area (Å²) in [7, 11) is 0. The number of rotatable bonds is 8. The molecule has 2 aromatic heterocycles. The van der Waals surface area contributed by atoms with Crippen molar-refractivity contribution in [1.29, 1.82) is 0 Å². The van der Waals surface area contributed by atoms with Gasteiger partial charge in [0.25, 0.3) is 5.91 Å². The Morgan fingerprint density at radius 3 is 2.47 bits per heavy atom. The minimum absolute atomic E-state index is 0. The molecular formula is C20H20ClF6N5OS. The first-order valence-electron chi connectivity index (χ1n) is 9.79. The van der Waals surface area contributed by atoms with Crippen LogP contribution in [0.25, 0.3) is 16.4 Å². The molecule has 0 aliphatic carbocycles. The van der Waals surface area contributed by atoms with Crippen LogP contribution in [0.1, 0.15) is 40.9 Å². The lowest BCUT2D eigenvalue weighted by molar-refractivity contribution is -0.143. The van der Waals surface area contributed by atoms with Gasteiger partial charge in [0.1, 0.15) is 0 Å². The maximum Gasteiger partial charge on any atom is 0.434 e. The Morgan fingerprint density at radius 2 is 1.82 bits per heavy atom. The fourth-order valence-corrected chi connectivity index (χ4v) is 3.82. The van der Waals surface area contributed by atoms with Gasteiger partial charge >= 0.3 is 12.4 Å². The normalized spacial score (nSPS) is 11.9. The summed E-state index contributed by atoms with van der Waals surface area (Å²) in [4.78, 5) is 16.4. The summed E-state index contributed by atoms with van der Waals surface area (Å²) < 4.78 is 80.7. The smallest absolute Gasteiger partial charge is 0.352 e. The molecule has 14 heteroatoms. The number of carbonyl (C=O) groups is 1. The zero-order chi connectivity index (χ0) is 24.2. The molecule has 1 aromatic carbocycles. The van der Waals surface area contributed by atoms with E-state index in [-0.39, 0.29) is 35.3 Å². The third-order valence-corrected chi connectivity index (χ3v) is 5.42. The summed E-state index contributed by atoms with van der Waals surface area (Å²) in [6.07, 6.45) is -6.69. The summed E-state index contributed by atoms with van der Waals surface area (Å²) in [5.41, 5.74) is 2.62. The average molecular weight is 528 g/mol. The van der Waals surface area contributed by atoms with Gasteiger partial charge < -0.3 is 11.1 Å². The molecular weight excluding hydrogens is 508 g/mol. The number of nitrogens with two attached hydrogens (primary N) is 1. The van der Waals surface area contributed by atoms with Crippen LogP contribution in [-0.4, -0.2) is 33.8 Å². The van der Waals surface area contributed by atoms with Crippen LogP contribution in [0.4, 0.5) is 26.3 Å². The molecule has 186 valence electrons. The first-order valence-corrected chi connectivity index (χ1v) is 10.7. The van der Waals surface area contributed by atoms with E-state index >= 15 is 0 Å². The zero-order valence-electron chi connectivity index (χ0n) is 17.4. The fraction of sp³-hybridized carbons (Fsp3) is 0.350. The van der Waals surface area contributed by atoms with E-state index < -0.39 is 35.1 Å². The van der Waals surface area contributed by atoms with Crippen LogP contribution in [0.5, 0.6) is 0 Å². The van der Waals surface area contributed by atoms with E-state index in [1.807, 2.05) is 0 Å². The Bertz CT molecular complexity index is 1110. The van der Waals surface area contributed by atoms with E-state index in [0.29, 0.717) is 17.6 Å². The topological polar surface area (TPSA) is 85.8 Å². The number of thiazole rings is 1. The van der Waals surface area contributed by atoms with Crippen molar-refractivity contribution in [3.8, 4) is 16.4 Å². The monoisotopic (exact) mass is 527 g/mol. The second-order valence-corrected chi connectivity index (χ2v) is 7.85. The molecule has 3 aromatic rings. The van der Waals surface area contributed by atoms with Gasteiger partial charge in [-0.1, -0.05) is 18.6 Å². The highest BCUT2D eigenvalue weighted by atomic mass is 35.5. The lowest BCUT2D eigenvalue weighted by atomic mass is 10.1. The predicted octanol–water partition coefficient (Wildman–Crippen LogP) is 5.31. The van der Waals surface area contributed by atoms with Crippen LogP contribution in [0.3, 0.4) is 0 Å². The molecule has 0 bridgehead atoms. The quantitative estimate of drug-likeness (QED) is 0.307. The van der Waals surface area contributed by atoms with Crippen molar-refractivity contribution in [2.24, 2.45) is 5.73 Å².